The van der Waals surface area contributed by atoms with E-state index in [-0.39, 0.29) is 30.5 Å². The summed E-state index contributed by atoms with van der Waals surface area (Å²) in [6.07, 6.45) is 1.10. The van der Waals surface area contributed by atoms with E-state index < -0.39 is 34.3 Å². The lowest BCUT2D eigenvalue weighted by atomic mass is 10.0. The van der Waals surface area contributed by atoms with E-state index in [9.17, 15) is 22.4 Å². The van der Waals surface area contributed by atoms with Gasteiger partial charge in [0.05, 0.1) is 11.9 Å². The highest BCUT2D eigenvalue weighted by Crippen LogP contribution is 2.23. The summed E-state index contributed by atoms with van der Waals surface area (Å²) in [6.45, 7) is 3.61. The third kappa shape index (κ3) is 8.80. The number of amides is 2. The molecular weight excluding hydrogens is 541 g/mol. The number of para-hydroxylation sites is 1. The fraction of sp³-hybridized carbons (Fsp3) is 0.310. The van der Waals surface area contributed by atoms with Crippen molar-refractivity contribution in [3.05, 3.63) is 101 Å². The van der Waals surface area contributed by atoms with Crippen molar-refractivity contribution < 1.29 is 22.4 Å². The van der Waals surface area contributed by atoms with Crippen LogP contribution in [0.5, 0.6) is 0 Å². The molecule has 208 valence electrons. The lowest BCUT2D eigenvalue weighted by molar-refractivity contribution is -0.140. The number of hydrogen-bond donors (Lipinski definition) is 1. The maximum atomic E-state index is 14.7. The lowest BCUT2D eigenvalue weighted by Gasteiger charge is -2.33. The molecule has 39 heavy (non-hydrogen) atoms. The molecule has 1 atom stereocenters. The second-order valence-electron chi connectivity index (χ2n) is 9.72. The SMILES string of the molecule is CC(C)CNC(=O)[C@H](Cc1ccccc1)N(Cc1cccc(Cl)c1)C(=O)CN(c1ccccc1F)S(C)(=O)=O. The normalized spacial score (nSPS) is 12.2. The second-order valence-corrected chi connectivity index (χ2v) is 12.1. The topological polar surface area (TPSA) is 86.8 Å². The predicted octanol–water partition coefficient (Wildman–Crippen LogP) is 4.66. The van der Waals surface area contributed by atoms with Gasteiger partial charge >= 0.3 is 0 Å². The number of sulfonamides is 1. The molecule has 0 aliphatic carbocycles. The molecule has 0 saturated carbocycles. The molecule has 0 bridgehead atoms. The molecular formula is C29H33ClFN3O4S. The van der Waals surface area contributed by atoms with E-state index in [0.29, 0.717) is 17.1 Å². The van der Waals surface area contributed by atoms with Crippen molar-refractivity contribution in [3.63, 3.8) is 0 Å². The maximum Gasteiger partial charge on any atom is 0.244 e. The molecule has 0 aliphatic rings. The first-order valence-electron chi connectivity index (χ1n) is 12.5. The summed E-state index contributed by atoms with van der Waals surface area (Å²) in [4.78, 5) is 28.8. The molecule has 0 aliphatic heterocycles. The Labute approximate surface area is 234 Å². The zero-order chi connectivity index (χ0) is 28.6. The van der Waals surface area contributed by atoms with Crippen molar-refractivity contribution in [1.29, 1.82) is 0 Å². The highest BCUT2D eigenvalue weighted by Gasteiger charge is 2.33. The van der Waals surface area contributed by atoms with Crippen LogP contribution in [0.2, 0.25) is 5.02 Å². The van der Waals surface area contributed by atoms with Gasteiger partial charge in [-0.2, -0.15) is 0 Å². The van der Waals surface area contributed by atoms with Crippen LogP contribution in [-0.2, 0) is 32.6 Å². The largest absolute Gasteiger partial charge is 0.354 e. The minimum Gasteiger partial charge on any atom is -0.354 e. The van der Waals surface area contributed by atoms with E-state index in [0.717, 1.165) is 22.2 Å². The van der Waals surface area contributed by atoms with Crippen LogP contribution in [0, 0.1) is 11.7 Å². The van der Waals surface area contributed by atoms with Crippen LogP contribution in [0.15, 0.2) is 78.9 Å². The fourth-order valence-electron chi connectivity index (χ4n) is 4.06. The number of hydrogen-bond acceptors (Lipinski definition) is 4. The summed E-state index contributed by atoms with van der Waals surface area (Å²) in [5, 5.41) is 3.36. The van der Waals surface area contributed by atoms with E-state index in [1.54, 1.807) is 24.3 Å². The molecule has 3 rings (SSSR count). The van der Waals surface area contributed by atoms with Crippen LogP contribution < -0.4 is 9.62 Å². The molecule has 2 amide bonds. The zero-order valence-corrected chi connectivity index (χ0v) is 23.8. The van der Waals surface area contributed by atoms with E-state index in [1.807, 2.05) is 44.2 Å². The number of benzene rings is 3. The Kier molecular flexibility index (Phi) is 10.5. The predicted molar refractivity (Wildman–Crippen MR) is 152 cm³/mol. The first-order chi connectivity index (χ1) is 18.5. The average Bonchev–Trinajstić information content (AvgIpc) is 2.88. The van der Waals surface area contributed by atoms with Crippen LogP contribution in [-0.4, -0.2) is 50.5 Å². The van der Waals surface area contributed by atoms with Gasteiger partial charge in [-0.25, -0.2) is 12.8 Å². The minimum atomic E-state index is -4.05. The van der Waals surface area contributed by atoms with Gasteiger partial charge in [-0.3, -0.25) is 13.9 Å². The van der Waals surface area contributed by atoms with Gasteiger partial charge in [-0.15, -0.1) is 0 Å². The summed E-state index contributed by atoms with van der Waals surface area (Å²) in [5.74, 6) is -1.65. The second kappa shape index (κ2) is 13.6. The summed E-state index contributed by atoms with van der Waals surface area (Å²) in [7, 11) is -4.05. The van der Waals surface area contributed by atoms with Crippen LogP contribution in [0.3, 0.4) is 0 Å². The van der Waals surface area contributed by atoms with Gasteiger partial charge in [0.15, 0.2) is 0 Å². The summed E-state index contributed by atoms with van der Waals surface area (Å²) >= 11 is 6.19. The summed E-state index contributed by atoms with van der Waals surface area (Å²) in [5.41, 5.74) is 1.22. The van der Waals surface area contributed by atoms with Crippen LogP contribution in [0.1, 0.15) is 25.0 Å². The van der Waals surface area contributed by atoms with Gasteiger partial charge in [-0.05, 0) is 41.3 Å². The lowest BCUT2D eigenvalue weighted by Crippen LogP contribution is -2.53. The molecule has 10 heteroatoms. The summed E-state index contributed by atoms with van der Waals surface area (Å²) < 4.78 is 40.8. The summed E-state index contributed by atoms with van der Waals surface area (Å²) in [6, 6.07) is 20.5. The monoisotopic (exact) mass is 573 g/mol. The molecule has 3 aromatic rings. The molecule has 0 radical (unpaired) electrons. The highest BCUT2D eigenvalue weighted by molar-refractivity contribution is 7.92. The van der Waals surface area contributed by atoms with Gasteiger partial charge in [-0.1, -0.05) is 80.0 Å². The van der Waals surface area contributed by atoms with Gasteiger partial charge < -0.3 is 10.2 Å². The molecule has 7 nitrogen and oxygen atoms in total. The van der Waals surface area contributed by atoms with Crippen LogP contribution in [0.4, 0.5) is 10.1 Å². The van der Waals surface area contributed by atoms with Crippen LogP contribution >= 0.6 is 11.6 Å². The van der Waals surface area contributed by atoms with Crippen molar-refractivity contribution >= 4 is 39.1 Å². The molecule has 0 saturated heterocycles. The smallest absolute Gasteiger partial charge is 0.244 e. The van der Waals surface area contributed by atoms with Gasteiger partial charge in [0.2, 0.25) is 21.8 Å². The maximum absolute atomic E-state index is 14.7. The Morgan fingerprint density at radius 2 is 1.59 bits per heavy atom. The quantitative estimate of drug-likeness (QED) is 0.341. The van der Waals surface area contributed by atoms with E-state index in [4.69, 9.17) is 11.6 Å². The van der Waals surface area contributed by atoms with Crippen molar-refractivity contribution in [3.8, 4) is 0 Å². The molecule has 0 aromatic heterocycles. The molecule has 3 aromatic carbocycles. The van der Waals surface area contributed by atoms with E-state index >= 15 is 0 Å². The van der Waals surface area contributed by atoms with Crippen LogP contribution in [0.25, 0.3) is 0 Å². The Hall–Kier alpha value is -3.43. The minimum absolute atomic E-state index is 0.0130. The first kappa shape index (κ1) is 30.1. The first-order valence-corrected chi connectivity index (χ1v) is 14.8. The number of anilines is 1. The number of rotatable bonds is 12. The third-order valence-corrected chi connectivity index (χ3v) is 7.36. The van der Waals surface area contributed by atoms with Crippen molar-refractivity contribution in [2.75, 3.05) is 23.7 Å². The van der Waals surface area contributed by atoms with E-state index in [2.05, 4.69) is 5.32 Å². The molecule has 0 fully saturated rings. The average molecular weight is 574 g/mol. The number of carbonyl (C=O) groups excluding carboxylic acids is 2. The fourth-order valence-corrected chi connectivity index (χ4v) is 5.12. The Balaban J connectivity index is 2.05. The molecule has 0 heterocycles. The van der Waals surface area contributed by atoms with Crippen molar-refractivity contribution in [1.82, 2.24) is 10.2 Å². The van der Waals surface area contributed by atoms with Gasteiger partial charge in [0.25, 0.3) is 0 Å². The number of halogens is 2. The molecule has 0 unspecified atom stereocenters. The Morgan fingerprint density at radius 1 is 0.949 bits per heavy atom. The Bertz CT molecular complexity index is 1390. The third-order valence-electron chi connectivity index (χ3n) is 6.00. The number of carbonyl (C=O) groups is 2. The Morgan fingerprint density at radius 3 is 2.21 bits per heavy atom. The van der Waals surface area contributed by atoms with Crippen molar-refractivity contribution in [2.24, 2.45) is 5.92 Å². The number of nitrogens with zero attached hydrogens (tertiary/aromatic N) is 2. The standard InChI is InChI=1S/C29H33ClFN3O4S/c1-21(2)18-32-29(36)27(17-22-10-5-4-6-11-22)33(19-23-12-9-13-24(30)16-23)28(35)20-34(39(3,37)38)26-15-8-7-14-25(26)31/h4-16,21,27H,17-20H2,1-3H3,(H,32,36)/t27-/m0/s1. The number of nitrogens with one attached hydrogen (secondary N) is 1. The zero-order valence-electron chi connectivity index (χ0n) is 22.2. The van der Waals surface area contributed by atoms with Gasteiger partial charge in [0, 0.05) is 24.5 Å². The van der Waals surface area contributed by atoms with Gasteiger partial charge in [0.1, 0.15) is 18.4 Å². The highest BCUT2D eigenvalue weighted by atomic mass is 35.5. The molecule has 0 spiro atoms. The molecule has 1 N–H and O–H groups in total. The van der Waals surface area contributed by atoms with Crippen molar-refractivity contribution in [2.45, 2.75) is 32.9 Å². The van der Waals surface area contributed by atoms with E-state index in [1.165, 1.54) is 23.1 Å².